The van der Waals surface area contributed by atoms with Gasteiger partial charge in [0.1, 0.15) is 5.76 Å². The van der Waals surface area contributed by atoms with E-state index in [4.69, 9.17) is 4.42 Å². The van der Waals surface area contributed by atoms with Gasteiger partial charge in [0.25, 0.3) is 0 Å². The smallest absolute Gasteiger partial charge is 0.234 e. The summed E-state index contributed by atoms with van der Waals surface area (Å²) >= 11 is 0. The quantitative estimate of drug-likeness (QED) is 0.758. The SMILES string of the molecule is Cc1nn([C@@H]2CCS(=O)(=O)C2)c(C)c1CN(C)CC(=O)NCc1ccco1. The molecule has 0 bridgehead atoms. The summed E-state index contributed by atoms with van der Waals surface area (Å²) in [6.45, 7) is 5.08. The molecule has 27 heavy (non-hydrogen) atoms. The Bertz CT molecular complexity index is 902. The van der Waals surface area contributed by atoms with Crippen molar-refractivity contribution in [3.05, 3.63) is 41.1 Å². The van der Waals surface area contributed by atoms with Crippen LogP contribution >= 0.6 is 0 Å². The summed E-state index contributed by atoms with van der Waals surface area (Å²) < 4.78 is 30.6. The van der Waals surface area contributed by atoms with Gasteiger partial charge in [0.05, 0.1) is 42.6 Å². The maximum atomic E-state index is 12.1. The van der Waals surface area contributed by atoms with Gasteiger partial charge in [-0.1, -0.05) is 0 Å². The van der Waals surface area contributed by atoms with E-state index in [-0.39, 0.29) is 30.0 Å². The van der Waals surface area contributed by atoms with Crippen LogP contribution in [0.4, 0.5) is 0 Å². The molecule has 0 aromatic carbocycles. The molecule has 1 saturated heterocycles. The molecule has 0 spiro atoms. The fourth-order valence-corrected chi connectivity index (χ4v) is 5.17. The first-order valence-corrected chi connectivity index (χ1v) is 10.8. The van der Waals surface area contributed by atoms with Crippen LogP contribution in [0.3, 0.4) is 0 Å². The third-order valence-corrected chi connectivity index (χ3v) is 6.66. The monoisotopic (exact) mass is 394 g/mol. The first kappa shape index (κ1) is 19.6. The molecule has 1 atom stereocenters. The molecule has 0 aliphatic carbocycles. The number of carbonyl (C=O) groups excluding carboxylic acids is 1. The Hall–Kier alpha value is -2.13. The number of carbonyl (C=O) groups is 1. The Balaban J connectivity index is 1.59. The molecule has 2 aromatic heterocycles. The van der Waals surface area contributed by atoms with Crippen molar-refractivity contribution in [1.29, 1.82) is 0 Å². The van der Waals surface area contributed by atoms with Gasteiger partial charge in [-0.05, 0) is 39.4 Å². The number of rotatable bonds is 7. The highest BCUT2D eigenvalue weighted by Crippen LogP contribution is 2.27. The number of hydrogen-bond donors (Lipinski definition) is 1. The first-order valence-electron chi connectivity index (χ1n) is 8.98. The number of nitrogens with one attached hydrogen (secondary N) is 1. The average Bonchev–Trinajstić information content (AvgIpc) is 3.29. The molecule has 9 heteroatoms. The van der Waals surface area contributed by atoms with Crippen LogP contribution < -0.4 is 5.32 Å². The molecule has 2 aromatic rings. The molecular formula is C18H26N4O4S. The molecule has 1 amide bonds. The molecule has 0 radical (unpaired) electrons. The molecule has 1 N–H and O–H groups in total. The zero-order valence-electron chi connectivity index (χ0n) is 15.9. The van der Waals surface area contributed by atoms with Gasteiger partial charge in [0.15, 0.2) is 9.84 Å². The Kier molecular flexibility index (Phi) is 5.71. The highest BCUT2D eigenvalue weighted by atomic mass is 32.2. The van der Waals surface area contributed by atoms with Gasteiger partial charge >= 0.3 is 0 Å². The van der Waals surface area contributed by atoms with Crippen LogP contribution in [-0.4, -0.2) is 54.1 Å². The molecule has 8 nitrogen and oxygen atoms in total. The number of furan rings is 1. The van der Waals surface area contributed by atoms with Crippen LogP contribution in [0.25, 0.3) is 0 Å². The number of sulfone groups is 1. The Morgan fingerprint density at radius 2 is 2.22 bits per heavy atom. The van der Waals surface area contributed by atoms with Crippen molar-refractivity contribution in [1.82, 2.24) is 20.0 Å². The Morgan fingerprint density at radius 1 is 1.44 bits per heavy atom. The third-order valence-electron chi connectivity index (χ3n) is 4.91. The van der Waals surface area contributed by atoms with Crippen molar-refractivity contribution >= 4 is 15.7 Å². The van der Waals surface area contributed by atoms with E-state index in [0.717, 1.165) is 17.0 Å². The van der Waals surface area contributed by atoms with Gasteiger partial charge in [-0.3, -0.25) is 14.4 Å². The Labute approximate surface area is 159 Å². The molecular weight excluding hydrogens is 368 g/mol. The van der Waals surface area contributed by atoms with E-state index in [0.29, 0.717) is 25.3 Å². The summed E-state index contributed by atoms with van der Waals surface area (Å²) in [6, 6.07) is 3.50. The van der Waals surface area contributed by atoms with E-state index >= 15 is 0 Å². The highest BCUT2D eigenvalue weighted by molar-refractivity contribution is 7.91. The van der Waals surface area contributed by atoms with Gasteiger partial charge < -0.3 is 9.73 Å². The lowest BCUT2D eigenvalue weighted by atomic mass is 10.1. The van der Waals surface area contributed by atoms with Gasteiger partial charge in [0, 0.05) is 17.8 Å². The van der Waals surface area contributed by atoms with Crippen LogP contribution in [-0.2, 0) is 27.7 Å². The standard InChI is InChI=1S/C18H26N4O4S/c1-13-17(14(2)22(20-13)15-6-8-27(24,25)12-15)10-21(3)11-18(23)19-9-16-5-4-7-26-16/h4-5,7,15H,6,8-12H2,1-3H3,(H,19,23)/t15-/m1/s1. The lowest BCUT2D eigenvalue weighted by Gasteiger charge is -2.17. The fourth-order valence-electron chi connectivity index (χ4n) is 3.48. The normalized spacial score (nSPS) is 18.9. The maximum absolute atomic E-state index is 12.1. The van der Waals surface area contributed by atoms with E-state index in [1.54, 1.807) is 12.3 Å². The zero-order chi connectivity index (χ0) is 19.6. The minimum atomic E-state index is -2.96. The van der Waals surface area contributed by atoms with Gasteiger partial charge in [-0.25, -0.2) is 8.42 Å². The maximum Gasteiger partial charge on any atom is 0.234 e. The minimum Gasteiger partial charge on any atom is -0.467 e. The van der Waals surface area contributed by atoms with Gasteiger partial charge in [0.2, 0.25) is 5.91 Å². The second-order valence-corrected chi connectivity index (χ2v) is 9.41. The molecule has 3 rings (SSSR count). The second-order valence-electron chi connectivity index (χ2n) is 7.18. The summed E-state index contributed by atoms with van der Waals surface area (Å²) in [5.41, 5.74) is 2.89. The summed E-state index contributed by atoms with van der Waals surface area (Å²) in [6.07, 6.45) is 2.18. The van der Waals surface area contributed by atoms with Gasteiger partial charge in [-0.15, -0.1) is 0 Å². The minimum absolute atomic E-state index is 0.0847. The third kappa shape index (κ3) is 4.78. The largest absolute Gasteiger partial charge is 0.467 e. The van der Waals surface area contributed by atoms with Crippen molar-refractivity contribution in [3.63, 3.8) is 0 Å². The predicted molar refractivity (Wildman–Crippen MR) is 101 cm³/mol. The summed E-state index contributed by atoms with van der Waals surface area (Å²) in [7, 11) is -1.08. The van der Waals surface area contributed by atoms with E-state index in [1.165, 1.54) is 0 Å². The molecule has 0 unspecified atom stereocenters. The van der Waals surface area contributed by atoms with E-state index < -0.39 is 9.84 Å². The van der Waals surface area contributed by atoms with E-state index in [1.807, 2.05) is 36.5 Å². The van der Waals surface area contributed by atoms with Crippen LogP contribution in [0.1, 0.15) is 35.2 Å². The van der Waals surface area contributed by atoms with Gasteiger partial charge in [-0.2, -0.15) is 5.10 Å². The first-order chi connectivity index (χ1) is 12.7. The van der Waals surface area contributed by atoms with Crippen LogP contribution in [0.15, 0.2) is 22.8 Å². The van der Waals surface area contributed by atoms with Crippen LogP contribution in [0.5, 0.6) is 0 Å². The van der Waals surface area contributed by atoms with Crippen LogP contribution in [0, 0.1) is 13.8 Å². The molecule has 1 aliphatic heterocycles. The lowest BCUT2D eigenvalue weighted by Crippen LogP contribution is -2.34. The topological polar surface area (TPSA) is 97.4 Å². The molecule has 0 saturated carbocycles. The average molecular weight is 394 g/mol. The fraction of sp³-hybridized carbons (Fsp3) is 0.556. The second kappa shape index (κ2) is 7.85. The number of aromatic nitrogens is 2. The molecule has 148 valence electrons. The summed E-state index contributed by atoms with van der Waals surface area (Å²) in [5, 5.41) is 7.40. The number of likely N-dealkylation sites (N-methyl/N-ethyl adjacent to an activating group) is 1. The van der Waals surface area contributed by atoms with Crippen molar-refractivity contribution in [2.75, 3.05) is 25.1 Å². The predicted octanol–water partition coefficient (Wildman–Crippen LogP) is 1.20. The Morgan fingerprint density at radius 3 is 2.85 bits per heavy atom. The molecule has 1 aliphatic rings. The number of nitrogens with zero attached hydrogens (tertiary/aromatic N) is 3. The van der Waals surface area contributed by atoms with Crippen molar-refractivity contribution in [2.45, 2.75) is 39.4 Å². The van der Waals surface area contributed by atoms with Crippen molar-refractivity contribution in [3.8, 4) is 0 Å². The summed E-state index contributed by atoms with van der Waals surface area (Å²) in [5.74, 6) is 1.00. The number of amides is 1. The summed E-state index contributed by atoms with van der Waals surface area (Å²) in [4.78, 5) is 14.0. The number of hydrogen-bond acceptors (Lipinski definition) is 6. The zero-order valence-corrected chi connectivity index (χ0v) is 16.8. The molecule has 1 fully saturated rings. The van der Waals surface area contributed by atoms with E-state index in [9.17, 15) is 13.2 Å². The highest BCUT2D eigenvalue weighted by Gasteiger charge is 2.31. The van der Waals surface area contributed by atoms with Crippen LogP contribution in [0.2, 0.25) is 0 Å². The van der Waals surface area contributed by atoms with Crippen molar-refractivity contribution in [2.24, 2.45) is 0 Å². The lowest BCUT2D eigenvalue weighted by molar-refractivity contribution is -0.122. The number of aryl methyl sites for hydroxylation is 1. The van der Waals surface area contributed by atoms with Crippen molar-refractivity contribution < 1.29 is 17.6 Å². The molecule has 3 heterocycles. The van der Waals surface area contributed by atoms with E-state index in [2.05, 4.69) is 10.4 Å².